The van der Waals surface area contributed by atoms with E-state index in [9.17, 15) is 5.11 Å². The third-order valence-electron chi connectivity index (χ3n) is 2.63. The van der Waals surface area contributed by atoms with Crippen molar-refractivity contribution in [3.8, 4) is 0 Å². The number of nitrogens with one attached hydrogen (secondary N) is 1. The summed E-state index contributed by atoms with van der Waals surface area (Å²) in [7, 11) is 0. The van der Waals surface area contributed by atoms with Gasteiger partial charge in [0.15, 0.2) is 0 Å². The standard InChI is InChI=1S/C8H18N2O/c1-2-8(11)4-3-5-10-6-7(8)9/h7,10-11H,2-6,9H2,1H3. The molecule has 0 aromatic heterocycles. The first-order chi connectivity index (χ1) is 5.19. The normalized spacial score (nSPS) is 40.1. The lowest BCUT2D eigenvalue weighted by Gasteiger charge is -2.30. The second-order valence-corrected chi connectivity index (χ2v) is 3.37. The van der Waals surface area contributed by atoms with Gasteiger partial charge in [-0.25, -0.2) is 0 Å². The van der Waals surface area contributed by atoms with Crippen LogP contribution in [0.5, 0.6) is 0 Å². The zero-order valence-electron chi connectivity index (χ0n) is 7.14. The average molecular weight is 158 g/mol. The van der Waals surface area contributed by atoms with E-state index in [1.54, 1.807) is 0 Å². The van der Waals surface area contributed by atoms with Crippen molar-refractivity contribution in [1.82, 2.24) is 5.32 Å². The van der Waals surface area contributed by atoms with Crippen LogP contribution in [0, 0.1) is 0 Å². The van der Waals surface area contributed by atoms with Gasteiger partial charge in [0.05, 0.1) is 5.60 Å². The van der Waals surface area contributed by atoms with Gasteiger partial charge in [-0.3, -0.25) is 0 Å². The number of hydrogen-bond donors (Lipinski definition) is 3. The van der Waals surface area contributed by atoms with Crippen LogP contribution in [0.1, 0.15) is 26.2 Å². The maximum absolute atomic E-state index is 9.96. The van der Waals surface area contributed by atoms with E-state index >= 15 is 0 Å². The smallest absolute Gasteiger partial charge is 0.0808 e. The molecule has 0 amide bonds. The van der Waals surface area contributed by atoms with Crippen LogP contribution in [0.25, 0.3) is 0 Å². The summed E-state index contributed by atoms with van der Waals surface area (Å²) in [6.07, 6.45) is 2.62. The van der Waals surface area contributed by atoms with Crippen LogP contribution in [0.3, 0.4) is 0 Å². The molecule has 11 heavy (non-hydrogen) atoms. The third kappa shape index (κ3) is 1.92. The van der Waals surface area contributed by atoms with Crippen LogP contribution < -0.4 is 11.1 Å². The fourth-order valence-corrected chi connectivity index (χ4v) is 1.59. The van der Waals surface area contributed by atoms with Gasteiger partial charge in [-0.15, -0.1) is 0 Å². The van der Waals surface area contributed by atoms with Gasteiger partial charge in [-0.05, 0) is 25.8 Å². The SMILES string of the molecule is CCC1(O)CCCNCC1N. The molecule has 2 atom stereocenters. The summed E-state index contributed by atoms with van der Waals surface area (Å²) in [5.41, 5.74) is 5.19. The topological polar surface area (TPSA) is 58.3 Å². The zero-order valence-corrected chi connectivity index (χ0v) is 7.14. The average Bonchev–Trinajstić information content (AvgIpc) is 2.16. The molecule has 0 radical (unpaired) electrons. The Bertz CT molecular complexity index is 129. The first kappa shape index (κ1) is 8.97. The lowest BCUT2D eigenvalue weighted by molar-refractivity contribution is 0.00774. The van der Waals surface area contributed by atoms with Crippen LogP contribution >= 0.6 is 0 Å². The van der Waals surface area contributed by atoms with E-state index in [0.29, 0.717) is 0 Å². The molecule has 1 saturated heterocycles. The predicted molar refractivity (Wildman–Crippen MR) is 45.3 cm³/mol. The molecule has 1 rings (SSSR count). The Labute approximate surface area is 68.0 Å². The van der Waals surface area contributed by atoms with Crippen molar-refractivity contribution in [3.05, 3.63) is 0 Å². The number of hydrogen-bond acceptors (Lipinski definition) is 3. The van der Waals surface area contributed by atoms with Gasteiger partial charge in [0, 0.05) is 12.6 Å². The summed E-state index contributed by atoms with van der Waals surface area (Å²) < 4.78 is 0. The summed E-state index contributed by atoms with van der Waals surface area (Å²) in [6.45, 7) is 3.71. The Hall–Kier alpha value is -0.120. The highest BCUT2D eigenvalue weighted by molar-refractivity contribution is 4.91. The number of nitrogens with two attached hydrogens (primary N) is 1. The molecule has 0 saturated carbocycles. The molecule has 1 fully saturated rings. The Morgan fingerprint density at radius 2 is 2.45 bits per heavy atom. The van der Waals surface area contributed by atoms with E-state index in [1.807, 2.05) is 6.92 Å². The third-order valence-corrected chi connectivity index (χ3v) is 2.63. The van der Waals surface area contributed by atoms with Crippen molar-refractivity contribution in [2.75, 3.05) is 13.1 Å². The lowest BCUT2D eigenvalue weighted by atomic mass is 9.88. The van der Waals surface area contributed by atoms with Crippen molar-refractivity contribution >= 4 is 0 Å². The van der Waals surface area contributed by atoms with Gasteiger partial charge in [0.2, 0.25) is 0 Å². The van der Waals surface area contributed by atoms with Gasteiger partial charge in [-0.1, -0.05) is 6.92 Å². The maximum Gasteiger partial charge on any atom is 0.0808 e. The van der Waals surface area contributed by atoms with Gasteiger partial charge >= 0.3 is 0 Å². The van der Waals surface area contributed by atoms with Gasteiger partial charge in [0.25, 0.3) is 0 Å². The van der Waals surface area contributed by atoms with Crippen molar-refractivity contribution < 1.29 is 5.11 Å². The largest absolute Gasteiger partial charge is 0.388 e. The molecule has 66 valence electrons. The van der Waals surface area contributed by atoms with E-state index in [1.165, 1.54) is 0 Å². The lowest BCUT2D eigenvalue weighted by Crippen LogP contribution is -2.50. The molecule has 1 aliphatic rings. The molecule has 0 bridgehead atoms. The summed E-state index contributed by atoms with van der Waals surface area (Å²) in [4.78, 5) is 0. The van der Waals surface area contributed by atoms with Crippen molar-refractivity contribution in [2.45, 2.75) is 37.8 Å². The Balaban J connectivity index is 2.58. The minimum atomic E-state index is -0.622. The van der Waals surface area contributed by atoms with Crippen LogP contribution in [0.15, 0.2) is 0 Å². The van der Waals surface area contributed by atoms with E-state index in [2.05, 4.69) is 5.32 Å². The quantitative estimate of drug-likeness (QED) is 0.497. The summed E-state index contributed by atoms with van der Waals surface area (Å²) in [6, 6.07) is -0.102. The van der Waals surface area contributed by atoms with Crippen molar-refractivity contribution in [3.63, 3.8) is 0 Å². The van der Waals surface area contributed by atoms with Crippen LogP contribution in [0.2, 0.25) is 0 Å². The maximum atomic E-state index is 9.96. The molecule has 0 aliphatic carbocycles. The fourth-order valence-electron chi connectivity index (χ4n) is 1.59. The molecule has 1 aliphatic heterocycles. The zero-order chi connectivity index (χ0) is 8.32. The highest BCUT2D eigenvalue weighted by atomic mass is 16.3. The molecule has 3 heteroatoms. The van der Waals surface area contributed by atoms with Crippen molar-refractivity contribution in [2.24, 2.45) is 5.73 Å². The fraction of sp³-hybridized carbons (Fsp3) is 1.00. The molecular weight excluding hydrogens is 140 g/mol. The Morgan fingerprint density at radius 1 is 1.73 bits per heavy atom. The molecule has 4 N–H and O–H groups in total. The number of rotatable bonds is 1. The molecule has 0 aromatic carbocycles. The van der Waals surface area contributed by atoms with Crippen molar-refractivity contribution in [1.29, 1.82) is 0 Å². The van der Waals surface area contributed by atoms with Crippen LogP contribution in [-0.2, 0) is 0 Å². The minimum Gasteiger partial charge on any atom is -0.388 e. The van der Waals surface area contributed by atoms with Gasteiger partial charge in [0.1, 0.15) is 0 Å². The predicted octanol–water partition coefficient (Wildman–Crippen LogP) is -0.162. The monoisotopic (exact) mass is 158 g/mol. The summed E-state index contributed by atoms with van der Waals surface area (Å²) in [5, 5.41) is 13.2. The molecule has 2 unspecified atom stereocenters. The second-order valence-electron chi connectivity index (χ2n) is 3.37. The number of aliphatic hydroxyl groups is 1. The Kier molecular flexibility index (Phi) is 2.87. The molecular formula is C8H18N2O. The first-order valence-corrected chi connectivity index (χ1v) is 4.38. The highest BCUT2D eigenvalue weighted by Gasteiger charge is 2.32. The molecule has 0 spiro atoms. The second kappa shape index (κ2) is 3.52. The van der Waals surface area contributed by atoms with Crippen LogP contribution in [-0.4, -0.2) is 29.8 Å². The molecule has 0 aromatic rings. The molecule has 3 nitrogen and oxygen atoms in total. The van der Waals surface area contributed by atoms with Gasteiger partial charge in [-0.2, -0.15) is 0 Å². The summed E-state index contributed by atoms with van der Waals surface area (Å²) >= 11 is 0. The van der Waals surface area contributed by atoms with Gasteiger partial charge < -0.3 is 16.2 Å². The van der Waals surface area contributed by atoms with E-state index in [-0.39, 0.29) is 6.04 Å². The van der Waals surface area contributed by atoms with E-state index < -0.39 is 5.60 Å². The van der Waals surface area contributed by atoms with E-state index in [0.717, 1.165) is 32.4 Å². The van der Waals surface area contributed by atoms with E-state index in [4.69, 9.17) is 5.73 Å². The highest BCUT2D eigenvalue weighted by Crippen LogP contribution is 2.21. The first-order valence-electron chi connectivity index (χ1n) is 4.38. The van der Waals surface area contributed by atoms with Crippen LogP contribution in [0.4, 0.5) is 0 Å². The molecule has 1 heterocycles. The minimum absolute atomic E-state index is 0.102. The Morgan fingerprint density at radius 3 is 3.09 bits per heavy atom. The summed E-state index contributed by atoms with van der Waals surface area (Å²) in [5.74, 6) is 0.